The van der Waals surface area contributed by atoms with Crippen molar-refractivity contribution in [1.82, 2.24) is 5.32 Å². The van der Waals surface area contributed by atoms with Crippen molar-refractivity contribution in [2.45, 2.75) is 25.8 Å². The highest BCUT2D eigenvalue weighted by molar-refractivity contribution is 9.10. The average molecular weight is 390 g/mol. The lowest BCUT2D eigenvalue weighted by Gasteiger charge is -2.18. The molecule has 1 atom stereocenters. The Labute approximate surface area is 149 Å². The summed E-state index contributed by atoms with van der Waals surface area (Å²) in [5, 5.41) is 5.48. The maximum Gasteiger partial charge on any atom is 0.312 e. The number of primary amides is 1. The SMILES string of the molecule is CCc1cccc(NC(=O)C[C@H](NC(N)=O)c2ccc(Br)cc2)c1. The number of anilines is 1. The van der Waals surface area contributed by atoms with Crippen molar-refractivity contribution in [1.29, 1.82) is 0 Å². The quantitative estimate of drug-likeness (QED) is 0.702. The van der Waals surface area contributed by atoms with Crippen LogP contribution in [-0.2, 0) is 11.2 Å². The van der Waals surface area contributed by atoms with Gasteiger partial charge in [-0.25, -0.2) is 4.79 Å². The van der Waals surface area contributed by atoms with Gasteiger partial charge < -0.3 is 16.4 Å². The van der Waals surface area contributed by atoms with Gasteiger partial charge in [0.25, 0.3) is 0 Å². The van der Waals surface area contributed by atoms with Crippen molar-refractivity contribution >= 4 is 33.6 Å². The molecule has 24 heavy (non-hydrogen) atoms. The van der Waals surface area contributed by atoms with E-state index in [1.54, 1.807) is 0 Å². The zero-order valence-electron chi connectivity index (χ0n) is 13.4. The number of nitrogens with two attached hydrogens (primary N) is 1. The summed E-state index contributed by atoms with van der Waals surface area (Å²) in [7, 11) is 0. The van der Waals surface area contributed by atoms with Crippen LogP contribution in [0.3, 0.4) is 0 Å². The largest absolute Gasteiger partial charge is 0.352 e. The fourth-order valence-electron chi connectivity index (χ4n) is 2.39. The van der Waals surface area contributed by atoms with E-state index in [1.807, 2.05) is 48.5 Å². The number of benzene rings is 2. The Morgan fingerprint density at radius 2 is 1.88 bits per heavy atom. The molecule has 0 aromatic heterocycles. The molecule has 5 nitrogen and oxygen atoms in total. The van der Waals surface area contributed by atoms with Crippen LogP contribution >= 0.6 is 15.9 Å². The third-order valence-corrected chi connectivity index (χ3v) is 4.13. The monoisotopic (exact) mass is 389 g/mol. The predicted octanol–water partition coefficient (Wildman–Crippen LogP) is 3.75. The van der Waals surface area contributed by atoms with Gasteiger partial charge in [-0.3, -0.25) is 4.79 Å². The lowest BCUT2D eigenvalue weighted by Crippen LogP contribution is -2.35. The van der Waals surface area contributed by atoms with E-state index in [-0.39, 0.29) is 12.3 Å². The van der Waals surface area contributed by atoms with Gasteiger partial charge in [0.15, 0.2) is 0 Å². The third kappa shape index (κ3) is 5.38. The molecule has 0 aliphatic heterocycles. The molecule has 0 aliphatic carbocycles. The summed E-state index contributed by atoms with van der Waals surface area (Å²) in [6.07, 6.45) is 0.995. The zero-order valence-corrected chi connectivity index (χ0v) is 15.0. The minimum Gasteiger partial charge on any atom is -0.352 e. The van der Waals surface area contributed by atoms with Crippen LogP contribution in [0.4, 0.5) is 10.5 Å². The molecule has 6 heteroatoms. The van der Waals surface area contributed by atoms with Crippen molar-refractivity contribution in [3.05, 3.63) is 64.1 Å². The Balaban J connectivity index is 2.08. The van der Waals surface area contributed by atoms with Crippen molar-refractivity contribution in [3.63, 3.8) is 0 Å². The second-order valence-corrected chi connectivity index (χ2v) is 6.33. The molecular formula is C18H20BrN3O2. The molecule has 0 aliphatic rings. The molecule has 3 amide bonds. The van der Waals surface area contributed by atoms with E-state index in [0.717, 1.165) is 27.7 Å². The van der Waals surface area contributed by atoms with Gasteiger partial charge in [0.1, 0.15) is 0 Å². The summed E-state index contributed by atoms with van der Waals surface area (Å²) < 4.78 is 0.921. The van der Waals surface area contributed by atoms with Crippen molar-refractivity contribution < 1.29 is 9.59 Å². The number of hydrogen-bond donors (Lipinski definition) is 3. The van der Waals surface area contributed by atoms with Crippen LogP contribution in [0.1, 0.15) is 30.5 Å². The van der Waals surface area contributed by atoms with E-state index < -0.39 is 12.1 Å². The number of hydrogen-bond acceptors (Lipinski definition) is 2. The number of aryl methyl sites for hydroxylation is 1. The molecule has 2 aromatic carbocycles. The number of carbonyl (C=O) groups excluding carboxylic acids is 2. The van der Waals surface area contributed by atoms with E-state index in [9.17, 15) is 9.59 Å². The summed E-state index contributed by atoms with van der Waals surface area (Å²) in [5.74, 6) is -0.190. The first-order valence-corrected chi connectivity index (χ1v) is 8.47. The van der Waals surface area contributed by atoms with Crippen LogP contribution in [0.5, 0.6) is 0 Å². The molecular weight excluding hydrogens is 370 g/mol. The highest BCUT2D eigenvalue weighted by Gasteiger charge is 2.17. The summed E-state index contributed by atoms with van der Waals surface area (Å²) in [4.78, 5) is 23.6. The van der Waals surface area contributed by atoms with Gasteiger partial charge in [0.05, 0.1) is 12.5 Å². The zero-order chi connectivity index (χ0) is 17.5. The number of carbonyl (C=O) groups is 2. The van der Waals surface area contributed by atoms with Crippen LogP contribution in [0.2, 0.25) is 0 Å². The van der Waals surface area contributed by atoms with E-state index in [0.29, 0.717) is 0 Å². The first-order chi connectivity index (χ1) is 11.5. The van der Waals surface area contributed by atoms with Gasteiger partial charge in [-0.2, -0.15) is 0 Å². The average Bonchev–Trinajstić information content (AvgIpc) is 2.54. The molecule has 126 valence electrons. The molecule has 2 aromatic rings. The molecule has 0 unspecified atom stereocenters. The minimum atomic E-state index is -0.663. The van der Waals surface area contributed by atoms with Gasteiger partial charge in [0.2, 0.25) is 5.91 Å². The Morgan fingerprint density at radius 3 is 2.50 bits per heavy atom. The lowest BCUT2D eigenvalue weighted by molar-refractivity contribution is -0.116. The molecule has 0 heterocycles. The van der Waals surface area contributed by atoms with E-state index in [4.69, 9.17) is 5.73 Å². The molecule has 0 spiro atoms. The number of urea groups is 1. The Bertz CT molecular complexity index is 716. The van der Waals surface area contributed by atoms with Crippen LogP contribution in [0, 0.1) is 0 Å². The Kier molecular flexibility index (Phi) is 6.37. The number of nitrogens with one attached hydrogen (secondary N) is 2. The van der Waals surface area contributed by atoms with Crippen molar-refractivity contribution in [3.8, 4) is 0 Å². The van der Waals surface area contributed by atoms with Crippen LogP contribution < -0.4 is 16.4 Å². The third-order valence-electron chi connectivity index (χ3n) is 3.60. The van der Waals surface area contributed by atoms with E-state index in [1.165, 1.54) is 0 Å². The topological polar surface area (TPSA) is 84.2 Å². The molecule has 0 saturated carbocycles. The normalized spacial score (nSPS) is 11.6. The van der Waals surface area contributed by atoms with Crippen LogP contribution in [0.15, 0.2) is 53.0 Å². The summed E-state index contributed by atoms with van der Waals surface area (Å²) in [5.41, 5.74) is 7.94. The maximum absolute atomic E-state index is 12.3. The highest BCUT2D eigenvalue weighted by atomic mass is 79.9. The summed E-state index contributed by atoms with van der Waals surface area (Å²) in [6.45, 7) is 2.06. The maximum atomic E-state index is 12.3. The van der Waals surface area contributed by atoms with E-state index in [2.05, 4.69) is 33.5 Å². The number of halogens is 1. The molecule has 4 N–H and O–H groups in total. The van der Waals surface area contributed by atoms with Gasteiger partial charge in [-0.1, -0.05) is 47.1 Å². The second-order valence-electron chi connectivity index (χ2n) is 5.42. The van der Waals surface area contributed by atoms with Gasteiger partial charge in [-0.05, 0) is 41.8 Å². The van der Waals surface area contributed by atoms with Crippen LogP contribution in [-0.4, -0.2) is 11.9 Å². The highest BCUT2D eigenvalue weighted by Crippen LogP contribution is 2.21. The summed E-state index contributed by atoms with van der Waals surface area (Å²) >= 11 is 3.36. The number of amides is 3. The van der Waals surface area contributed by atoms with Gasteiger partial charge in [-0.15, -0.1) is 0 Å². The van der Waals surface area contributed by atoms with E-state index >= 15 is 0 Å². The first-order valence-electron chi connectivity index (χ1n) is 7.68. The van der Waals surface area contributed by atoms with Crippen molar-refractivity contribution in [2.75, 3.05) is 5.32 Å². The predicted molar refractivity (Wildman–Crippen MR) is 98.7 cm³/mol. The second kappa shape index (κ2) is 8.49. The lowest BCUT2D eigenvalue weighted by atomic mass is 10.0. The fraction of sp³-hybridized carbons (Fsp3) is 0.222. The first kappa shape index (κ1) is 18.0. The van der Waals surface area contributed by atoms with Gasteiger partial charge in [0, 0.05) is 10.2 Å². The molecule has 0 saturated heterocycles. The van der Waals surface area contributed by atoms with Gasteiger partial charge >= 0.3 is 6.03 Å². The fourth-order valence-corrected chi connectivity index (χ4v) is 2.65. The number of rotatable bonds is 6. The minimum absolute atomic E-state index is 0.0981. The standard InChI is InChI=1S/C18H20BrN3O2/c1-2-12-4-3-5-15(10-12)21-17(23)11-16(22-18(20)24)13-6-8-14(19)9-7-13/h3-10,16H,2,11H2,1H3,(H,21,23)(H3,20,22,24)/t16-/m0/s1. The van der Waals surface area contributed by atoms with Crippen LogP contribution in [0.25, 0.3) is 0 Å². The summed E-state index contributed by atoms with van der Waals surface area (Å²) in [6, 6.07) is 13.9. The molecule has 0 bridgehead atoms. The molecule has 0 radical (unpaired) electrons. The molecule has 0 fully saturated rings. The molecule has 2 rings (SSSR count). The van der Waals surface area contributed by atoms with Crippen molar-refractivity contribution in [2.24, 2.45) is 5.73 Å². The Hall–Kier alpha value is -2.34. The smallest absolute Gasteiger partial charge is 0.312 e. The Morgan fingerprint density at radius 1 is 1.17 bits per heavy atom.